The SMILES string of the molecule is c1cc(-c2noc(CN3CCOCC3)n2)cs1. The van der Waals surface area contributed by atoms with Crippen LogP contribution in [-0.4, -0.2) is 41.3 Å². The van der Waals surface area contributed by atoms with Crippen LogP contribution in [0.2, 0.25) is 0 Å². The predicted octanol–water partition coefficient (Wildman–Crippen LogP) is 1.63. The highest BCUT2D eigenvalue weighted by Gasteiger charge is 2.15. The number of hydrogen-bond donors (Lipinski definition) is 0. The molecule has 0 spiro atoms. The van der Waals surface area contributed by atoms with Crippen molar-refractivity contribution in [1.82, 2.24) is 15.0 Å². The van der Waals surface area contributed by atoms with Gasteiger partial charge in [0.1, 0.15) is 0 Å². The van der Waals surface area contributed by atoms with E-state index in [0.717, 1.165) is 31.9 Å². The predicted molar refractivity (Wildman–Crippen MR) is 63.7 cm³/mol. The number of ether oxygens (including phenoxy) is 1. The van der Waals surface area contributed by atoms with E-state index in [1.54, 1.807) is 11.3 Å². The average molecular weight is 251 g/mol. The number of morpholine rings is 1. The van der Waals surface area contributed by atoms with E-state index in [9.17, 15) is 0 Å². The Balaban J connectivity index is 1.68. The van der Waals surface area contributed by atoms with Gasteiger partial charge in [0.05, 0.1) is 19.8 Å². The Bertz CT molecular complexity index is 463. The molecule has 1 fully saturated rings. The number of hydrogen-bond acceptors (Lipinski definition) is 6. The molecule has 0 bridgehead atoms. The lowest BCUT2D eigenvalue weighted by Gasteiger charge is -2.24. The maximum atomic E-state index is 5.29. The van der Waals surface area contributed by atoms with Crippen molar-refractivity contribution in [3.8, 4) is 11.4 Å². The third-order valence-corrected chi connectivity index (χ3v) is 3.39. The third kappa shape index (κ3) is 2.54. The first-order valence-corrected chi connectivity index (χ1v) is 6.51. The highest BCUT2D eigenvalue weighted by Crippen LogP contribution is 2.19. The molecular weight excluding hydrogens is 238 g/mol. The van der Waals surface area contributed by atoms with Gasteiger partial charge < -0.3 is 9.26 Å². The van der Waals surface area contributed by atoms with Gasteiger partial charge >= 0.3 is 0 Å². The summed E-state index contributed by atoms with van der Waals surface area (Å²) in [6.07, 6.45) is 0. The zero-order chi connectivity index (χ0) is 11.5. The van der Waals surface area contributed by atoms with E-state index in [4.69, 9.17) is 9.26 Å². The van der Waals surface area contributed by atoms with Gasteiger partial charge in [0.25, 0.3) is 0 Å². The molecule has 0 aromatic carbocycles. The van der Waals surface area contributed by atoms with Crippen molar-refractivity contribution in [3.63, 3.8) is 0 Å². The summed E-state index contributed by atoms with van der Waals surface area (Å²) in [7, 11) is 0. The smallest absolute Gasteiger partial charge is 0.241 e. The van der Waals surface area contributed by atoms with Crippen molar-refractivity contribution in [2.45, 2.75) is 6.54 Å². The van der Waals surface area contributed by atoms with Gasteiger partial charge in [0.15, 0.2) is 0 Å². The summed E-state index contributed by atoms with van der Waals surface area (Å²) in [5.74, 6) is 1.35. The van der Waals surface area contributed by atoms with Gasteiger partial charge in [-0.3, -0.25) is 4.90 Å². The Hall–Kier alpha value is -1.24. The zero-order valence-corrected chi connectivity index (χ0v) is 10.2. The van der Waals surface area contributed by atoms with Crippen LogP contribution in [0.25, 0.3) is 11.4 Å². The fraction of sp³-hybridized carbons (Fsp3) is 0.455. The summed E-state index contributed by atoms with van der Waals surface area (Å²) in [6, 6.07) is 1.99. The van der Waals surface area contributed by atoms with Crippen LogP contribution in [0.1, 0.15) is 5.89 Å². The normalized spacial score (nSPS) is 17.4. The second-order valence-electron chi connectivity index (χ2n) is 3.91. The molecule has 1 aliphatic rings. The van der Waals surface area contributed by atoms with Crippen LogP contribution in [0.15, 0.2) is 21.3 Å². The Morgan fingerprint density at radius 3 is 3.00 bits per heavy atom. The second kappa shape index (κ2) is 4.95. The third-order valence-electron chi connectivity index (χ3n) is 2.71. The van der Waals surface area contributed by atoms with Crippen LogP contribution < -0.4 is 0 Å². The lowest BCUT2D eigenvalue weighted by Crippen LogP contribution is -2.35. The molecule has 0 radical (unpaired) electrons. The Morgan fingerprint density at radius 1 is 1.35 bits per heavy atom. The standard InChI is InChI=1S/C11H13N3O2S/c1-6-17-8-9(1)11-12-10(16-13-11)7-14-2-4-15-5-3-14/h1,6,8H,2-5,7H2. The van der Waals surface area contributed by atoms with Gasteiger partial charge in [-0.05, 0) is 11.4 Å². The molecule has 6 heteroatoms. The Kier molecular flexibility index (Phi) is 3.17. The Morgan fingerprint density at radius 2 is 2.24 bits per heavy atom. The number of rotatable bonds is 3. The quantitative estimate of drug-likeness (QED) is 0.830. The molecule has 0 atom stereocenters. The summed E-state index contributed by atoms with van der Waals surface area (Å²) < 4.78 is 10.5. The van der Waals surface area contributed by atoms with Gasteiger partial charge in [0, 0.05) is 24.0 Å². The lowest BCUT2D eigenvalue weighted by atomic mass is 10.3. The molecule has 17 heavy (non-hydrogen) atoms. The number of thiophene rings is 1. The maximum absolute atomic E-state index is 5.29. The van der Waals surface area contributed by atoms with Crippen LogP contribution in [0.5, 0.6) is 0 Å². The molecule has 1 aliphatic heterocycles. The first kappa shape index (κ1) is 10.9. The van der Waals surface area contributed by atoms with Crippen LogP contribution in [-0.2, 0) is 11.3 Å². The molecule has 90 valence electrons. The van der Waals surface area contributed by atoms with Crippen molar-refractivity contribution in [3.05, 3.63) is 22.7 Å². The summed E-state index contributed by atoms with van der Waals surface area (Å²) in [5.41, 5.74) is 1.02. The zero-order valence-electron chi connectivity index (χ0n) is 9.33. The number of aromatic nitrogens is 2. The average Bonchev–Trinajstić information content (AvgIpc) is 3.00. The maximum Gasteiger partial charge on any atom is 0.241 e. The summed E-state index contributed by atoms with van der Waals surface area (Å²) in [6.45, 7) is 4.13. The number of nitrogens with zero attached hydrogens (tertiary/aromatic N) is 3. The van der Waals surface area contributed by atoms with E-state index >= 15 is 0 Å². The monoisotopic (exact) mass is 251 g/mol. The van der Waals surface area contributed by atoms with Gasteiger partial charge in [-0.25, -0.2) is 0 Å². The van der Waals surface area contributed by atoms with E-state index < -0.39 is 0 Å². The van der Waals surface area contributed by atoms with E-state index in [0.29, 0.717) is 18.3 Å². The van der Waals surface area contributed by atoms with Crippen molar-refractivity contribution in [2.75, 3.05) is 26.3 Å². The van der Waals surface area contributed by atoms with Crippen LogP contribution in [0.3, 0.4) is 0 Å². The lowest BCUT2D eigenvalue weighted by molar-refractivity contribution is 0.0297. The van der Waals surface area contributed by atoms with E-state index in [1.807, 2.05) is 16.8 Å². The first-order valence-electron chi connectivity index (χ1n) is 5.57. The Labute approximate surface area is 103 Å². The van der Waals surface area contributed by atoms with Crippen molar-refractivity contribution in [1.29, 1.82) is 0 Å². The molecular formula is C11H13N3O2S. The highest BCUT2D eigenvalue weighted by molar-refractivity contribution is 7.08. The fourth-order valence-corrected chi connectivity index (χ4v) is 2.41. The van der Waals surface area contributed by atoms with Crippen molar-refractivity contribution >= 4 is 11.3 Å². The molecule has 5 nitrogen and oxygen atoms in total. The topological polar surface area (TPSA) is 51.4 Å². The second-order valence-corrected chi connectivity index (χ2v) is 4.69. The van der Waals surface area contributed by atoms with E-state index in [1.165, 1.54) is 0 Å². The molecule has 3 heterocycles. The van der Waals surface area contributed by atoms with Gasteiger partial charge in [-0.15, -0.1) is 0 Å². The first-order chi connectivity index (χ1) is 8.42. The van der Waals surface area contributed by atoms with Crippen LogP contribution in [0, 0.1) is 0 Å². The minimum Gasteiger partial charge on any atom is -0.379 e. The van der Waals surface area contributed by atoms with E-state index in [2.05, 4.69) is 15.0 Å². The van der Waals surface area contributed by atoms with Crippen LogP contribution in [0.4, 0.5) is 0 Å². The summed E-state index contributed by atoms with van der Waals surface area (Å²) in [4.78, 5) is 6.65. The molecule has 0 unspecified atom stereocenters. The van der Waals surface area contributed by atoms with Gasteiger partial charge in [-0.2, -0.15) is 16.3 Å². The molecule has 1 saturated heterocycles. The van der Waals surface area contributed by atoms with Crippen LogP contribution >= 0.6 is 11.3 Å². The summed E-state index contributed by atoms with van der Waals surface area (Å²) >= 11 is 1.63. The molecule has 0 aliphatic carbocycles. The minimum absolute atomic E-state index is 0.674. The molecule has 2 aromatic heterocycles. The van der Waals surface area contributed by atoms with Crippen molar-refractivity contribution in [2.24, 2.45) is 0 Å². The minimum atomic E-state index is 0.674. The van der Waals surface area contributed by atoms with Gasteiger partial charge in [-0.1, -0.05) is 5.16 Å². The van der Waals surface area contributed by atoms with Crippen molar-refractivity contribution < 1.29 is 9.26 Å². The molecule has 0 saturated carbocycles. The molecule has 3 rings (SSSR count). The highest BCUT2D eigenvalue weighted by atomic mass is 32.1. The molecule has 0 amide bonds. The fourth-order valence-electron chi connectivity index (χ4n) is 1.78. The van der Waals surface area contributed by atoms with E-state index in [-0.39, 0.29) is 0 Å². The molecule has 2 aromatic rings. The van der Waals surface area contributed by atoms with Gasteiger partial charge in [0.2, 0.25) is 11.7 Å². The molecule has 0 N–H and O–H groups in total. The summed E-state index contributed by atoms with van der Waals surface area (Å²) in [5, 5.41) is 8.01. The largest absolute Gasteiger partial charge is 0.379 e.